The van der Waals surface area contributed by atoms with Crippen LogP contribution in [0.25, 0.3) is 0 Å². The fraction of sp³-hybridized carbons (Fsp3) is 0.130. The Kier molecular flexibility index (Phi) is 4.71. The second kappa shape index (κ2) is 7.46. The summed E-state index contributed by atoms with van der Waals surface area (Å²) in [5.41, 5.74) is 4.12. The van der Waals surface area contributed by atoms with E-state index in [0.717, 1.165) is 16.7 Å². The van der Waals surface area contributed by atoms with E-state index >= 15 is 0 Å². The molecule has 0 heterocycles. The van der Waals surface area contributed by atoms with Gasteiger partial charge in [0.15, 0.2) is 0 Å². The van der Waals surface area contributed by atoms with Gasteiger partial charge in [-0.3, -0.25) is 0 Å². The molecule has 1 aliphatic rings. The van der Waals surface area contributed by atoms with E-state index in [1.54, 1.807) is 0 Å². The van der Waals surface area contributed by atoms with E-state index in [9.17, 15) is 10.4 Å². The Balaban J connectivity index is 1.76. The lowest BCUT2D eigenvalue weighted by molar-refractivity contribution is 0.315. The number of hydrogen-bond donors (Lipinski definition) is 2. The molecule has 134 valence electrons. The first-order valence-corrected chi connectivity index (χ1v) is 8.95. The molecular weight excluding hydrogens is 336 g/mol. The first-order chi connectivity index (χ1) is 13.3. The van der Waals surface area contributed by atoms with Gasteiger partial charge in [0.05, 0.1) is 11.4 Å². The quantitative estimate of drug-likeness (QED) is 0.393. The molecule has 1 saturated carbocycles. The Hall–Kier alpha value is -3.40. The van der Waals surface area contributed by atoms with Crippen LogP contribution in [0.4, 0.5) is 0 Å². The molecule has 3 atom stereocenters. The highest BCUT2D eigenvalue weighted by Gasteiger charge is 2.57. The molecule has 3 aromatic rings. The van der Waals surface area contributed by atoms with Crippen LogP contribution in [-0.4, -0.2) is 21.8 Å². The molecule has 4 nitrogen and oxygen atoms in total. The van der Waals surface area contributed by atoms with Crippen molar-refractivity contribution in [3.05, 3.63) is 108 Å². The van der Waals surface area contributed by atoms with Gasteiger partial charge in [-0.1, -0.05) is 101 Å². The fourth-order valence-electron chi connectivity index (χ4n) is 3.93. The monoisotopic (exact) mass is 356 g/mol. The minimum absolute atomic E-state index is 0.0640. The summed E-state index contributed by atoms with van der Waals surface area (Å²) >= 11 is 0. The zero-order valence-corrected chi connectivity index (χ0v) is 14.7. The topological polar surface area (TPSA) is 65.2 Å². The number of rotatable bonds is 5. The van der Waals surface area contributed by atoms with Gasteiger partial charge in [0.2, 0.25) is 0 Å². The highest BCUT2D eigenvalue weighted by molar-refractivity contribution is 6.13. The molecule has 27 heavy (non-hydrogen) atoms. The summed E-state index contributed by atoms with van der Waals surface area (Å²) in [5.74, 6) is -0.0415. The van der Waals surface area contributed by atoms with Gasteiger partial charge in [-0.2, -0.15) is 0 Å². The van der Waals surface area contributed by atoms with Crippen LogP contribution in [0.1, 0.15) is 22.6 Å². The summed E-state index contributed by atoms with van der Waals surface area (Å²) in [6, 6.07) is 29.4. The van der Waals surface area contributed by atoms with E-state index < -0.39 is 0 Å². The van der Waals surface area contributed by atoms with E-state index in [4.69, 9.17) is 0 Å². The number of nitrogens with zero attached hydrogens (tertiary/aromatic N) is 2. The van der Waals surface area contributed by atoms with Crippen LogP contribution >= 0.6 is 0 Å². The predicted octanol–water partition coefficient (Wildman–Crippen LogP) is 4.77. The van der Waals surface area contributed by atoms with E-state index in [-0.39, 0.29) is 17.8 Å². The summed E-state index contributed by atoms with van der Waals surface area (Å²) in [6.45, 7) is 0. The molecule has 1 aliphatic carbocycles. The molecule has 0 aromatic heterocycles. The third-order valence-corrected chi connectivity index (χ3v) is 5.19. The molecule has 0 saturated heterocycles. The lowest BCUT2D eigenvalue weighted by Crippen LogP contribution is -2.11. The van der Waals surface area contributed by atoms with Crippen molar-refractivity contribution >= 4 is 11.4 Å². The average molecular weight is 356 g/mol. The van der Waals surface area contributed by atoms with E-state index in [1.807, 2.05) is 78.9 Å². The van der Waals surface area contributed by atoms with Crippen molar-refractivity contribution in [1.29, 1.82) is 0 Å². The lowest BCUT2D eigenvalue weighted by Gasteiger charge is -2.06. The number of benzene rings is 3. The standard InChI is InChI=1S/C23H20N2O2/c26-24-22(17-12-6-2-7-13-17)20-19(16-10-4-1-5-11-16)21(20)23(25-27)18-14-8-3-9-15-18/h1-15,19-21,26-27H/b24-22+,25-23?. The van der Waals surface area contributed by atoms with Crippen molar-refractivity contribution in [2.75, 3.05) is 0 Å². The van der Waals surface area contributed by atoms with Crippen molar-refractivity contribution in [2.45, 2.75) is 5.92 Å². The fourth-order valence-corrected chi connectivity index (χ4v) is 3.93. The molecular formula is C23H20N2O2. The molecule has 2 N–H and O–H groups in total. The maximum atomic E-state index is 9.78. The van der Waals surface area contributed by atoms with Gasteiger partial charge in [-0.25, -0.2) is 0 Å². The Morgan fingerprint density at radius 1 is 0.556 bits per heavy atom. The third kappa shape index (κ3) is 3.22. The molecule has 0 bridgehead atoms. The third-order valence-electron chi connectivity index (χ3n) is 5.19. The van der Waals surface area contributed by atoms with E-state index in [2.05, 4.69) is 22.4 Å². The highest BCUT2D eigenvalue weighted by atomic mass is 16.4. The maximum absolute atomic E-state index is 9.78. The molecule has 0 spiro atoms. The van der Waals surface area contributed by atoms with Crippen LogP contribution in [0, 0.1) is 11.8 Å². The van der Waals surface area contributed by atoms with Crippen LogP contribution in [0.5, 0.6) is 0 Å². The van der Waals surface area contributed by atoms with Crippen molar-refractivity contribution in [1.82, 2.24) is 0 Å². The Morgan fingerprint density at radius 2 is 0.926 bits per heavy atom. The number of oxime groups is 2. The van der Waals surface area contributed by atoms with Crippen molar-refractivity contribution in [2.24, 2.45) is 22.1 Å². The van der Waals surface area contributed by atoms with Gasteiger partial charge in [-0.05, 0) is 16.7 Å². The van der Waals surface area contributed by atoms with Crippen molar-refractivity contribution in [3.8, 4) is 0 Å². The molecule has 0 amide bonds. The minimum Gasteiger partial charge on any atom is -0.411 e. The summed E-state index contributed by atoms with van der Waals surface area (Å²) in [6.07, 6.45) is 0. The van der Waals surface area contributed by atoms with Crippen LogP contribution in [0.3, 0.4) is 0 Å². The molecule has 1 fully saturated rings. The van der Waals surface area contributed by atoms with Gasteiger partial charge in [0.25, 0.3) is 0 Å². The lowest BCUT2D eigenvalue weighted by atomic mass is 10.0. The van der Waals surface area contributed by atoms with Gasteiger partial charge in [0, 0.05) is 17.8 Å². The van der Waals surface area contributed by atoms with Gasteiger partial charge >= 0.3 is 0 Å². The summed E-state index contributed by atoms with van der Waals surface area (Å²) in [5, 5.41) is 26.8. The van der Waals surface area contributed by atoms with Crippen LogP contribution < -0.4 is 0 Å². The highest BCUT2D eigenvalue weighted by Crippen LogP contribution is 2.57. The SMILES string of the molecule is ON=C(c1ccccc1)C1C(/C(=N/O)c2ccccc2)C1c1ccccc1. The molecule has 4 rings (SSSR count). The summed E-state index contributed by atoms with van der Waals surface area (Å²) < 4.78 is 0. The van der Waals surface area contributed by atoms with Gasteiger partial charge in [-0.15, -0.1) is 0 Å². The molecule has 3 aromatic carbocycles. The maximum Gasteiger partial charge on any atom is 0.0911 e. The predicted molar refractivity (Wildman–Crippen MR) is 106 cm³/mol. The van der Waals surface area contributed by atoms with Gasteiger partial charge < -0.3 is 10.4 Å². The largest absolute Gasteiger partial charge is 0.411 e. The normalized spacial score (nSPS) is 22.4. The second-order valence-corrected chi connectivity index (χ2v) is 6.69. The smallest absolute Gasteiger partial charge is 0.0911 e. The molecule has 3 unspecified atom stereocenters. The minimum atomic E-state index is -0.0640. The summed E-state index contributed by atoms with van der Waals surface area (Å²) in [4.78, 5) is 0. The number of hydrogen-bond acceptors (Lipinski definition) is 4. The second-order valence-electron chi connectivity index (χ2n) is 6.69. The Morgan fingerprint density at radius 3 is 1.30 bits per heavy atom. The van der Waals surface area contributed by atoms with Crippen molar-refractivity contribution < 1.29 is 10.4 Å². The van der Waals surface area contributed by atoms with Gasteiger partial charge in [0.1, 0.15) is 0 Å². The Bertz CT molecular complexity index is 892. The zero-order chi connectivity index (χ0) is 18.6. The van der Waals surface area contributed by atoms with Crippen LogP contribution in [-0.2, 0) is 0 Å². The molecule has 4 heteroatoms. The van der Waals surface area contributed by atoms with Crippen LogP contribution in [0.2, 0.25) is 0 Å². The first kappa shape index (κ1) is 17.0. The van der Waals surface area contributed by atoms with E-state index in [1.165, 1.54) is 0 Å². The van der Waals surface area contributed by atoms with E-state index in [0.29, 0.717) is 11.4 Å². The zero-order valence-electron chi connectivity index (χ0n) is 14.7. The molecule has 0 radical (unpaired) electrons. The first-order valence-electron chi connectivity index (χ1n) is 8.95. The van der Waals surface area contributed by atoms with Crippen molar-refractivity contribution in [3.63, 3.8) is 0 Å². The average Bonchev–Trinajstić information content (AvgIpc) is 3.46. The Labute approximate surface area is 158 Å². The summed E-state index contributed by atoms with van der Waals surface area (Å²) in [7, 11) is 0. The molecule has 0 aliphatic heterocycles. The van der Waals surface area contributed by atoms with Crippen LogP contribution in [0.15, 0.2) is 101 Å².